The summed E-state index contributed by atoms with van der Waals surface area (Å²) in [6.45, 7) is 0.973. The van der Waals surface area contributed by atoms with Gasteiger partial charge >= 0.3 is 0 Å². The molecule has 0 spiro atoms. The van der Waals surface area contributed by atoms with Gasteiger partial charge in [0.15, 0.2) is 0 Å². The number of hydrogen-bond donors (Lipinski definition) is 0. The third kappa shape index (κ3) is 3.15. The molecule has 1 rings (SSSR count). The maximum atomic E-state index is 3.99. The van der Waals surface area contributed by atoms with Gasteiger partial charge in [0.2, 0.25) is 0 Å². The highest BCUT2D eigenvalue weighted by Crippen LogP contribution is 2.01. The molecule has 0 aliphatic heterocycles. The molecule has 68 valence electrons. The van der Waals surface area contributed by atoms with Crippen LogP contribution in [-0.4, -0.2) is 27.0 Å². The second-order valence-corrected chi connectivity index (χ2v) is 4.00. The van der Waals surface area contributed by atoms with Crippen molar-refractivity contribution in [1.29, 1.82) is 0 Å². The average molecular weight is 250 g/mol. The lowest BCUT2D eigenvalue weighted by molar-refractivity contribution is 0.582. The van der Waals surface area contributed by atoms with E-state index in [0.717, 1.165) is 24.0 Å². The van der Waals surface area contributed by atoms with Gasteiger partial charge in [0, 0.05) is 18.1 Å². The molecule has 1 aromatic rings. The van der Waals surface area contributed by atoms with Gasteiger partial charge in [0.05, 0.1) is 5.69 Å². The van der Waals surface area contributed by atoms with Crippen LogP contribution < -0.4 is 0 Å². The predicted octanol–water partition coefficient (Wildman–Crippen LogP) is 1.93. The van der Waals surface area contributed by atoms with E-state index >= 15 is 0 Å². The molecule has 0 unspecified atom stereocenters. The molecule has 0 aromatic carbocycles. The molecule has 0 aliphatic carbocycles. The molecule has 12 heavy (non-hydrogen) atoms. The summed E-state index contributed by atoms with van der Waals surface area (Å²) < 4.78 is 1.90. The molecule has 0 saturated carbocycles. The molecular formula is C7H12BrN3S. The smallest absolute Gasteiger partial charge is 0.0932 e. The van der Waals surface area contributed by atoms with Gasteiger partial charge in [-0.15, -0.1) is 5.10 Å². The van der Waals surface area contributed by atoms with Crippen LogP contribution >= 0.6 is 27.7 Å². The number of hydrogen-bond acceptors (Lipinski definition) is 3. The Morgan fingerprint density at radius 2 is 2.50 bits per heavy atom. The summed E-state index contributed by atoms with van der Waals surface area (Å²) in [6.07, 6.45) is 5.26. The van der Waals surface area contributed by atoms with Crippen molar-refractivity contribution in [2.45, 2.75) is 18.3 Å². The normalized spacial score (nSPS) is 10.5. The molecular weight excluding hydrogens is 238 g/mol. The fraction of sp³-hybridized carbons (Fsp3) is 0.714. The van der Waals surface area contributed by atoms with Crippen LogP contribution in [0.4, 0.5) is 0 Å². The van der Waals surface area contributed by atoms with Crippen molar-refractivity contribution in [3.63, 3.8) is 0 Å². The molecule has 0 bridgehead atoms. The number of thioether (sulfide) groups is 1. The number of nitrogens with zero attached hydrogens (tertiary/aromatic N) is 3. The zero-order chi connectivity index (χ0) is 8.81. The first kappa shape index (κ1) is 10.1. The molecule has 0 amide bonds. The lowest BCUT2D eigenvalue weighted by Crippen LogP contribution is -1.99. The van der Waals surface area contributed by atoms with E-state index in [-0.39, 0.29) is 0 Å². The lowest BCUT2D eigenvalue weighted by Gasteiger charge is -1.96. The van der Waals surface area contributed by atoms with E-state index in [9.17, 15) is 0 Å². The van der Waals surface area contributed by atoms with E-state index in [0.29, 0.717) is 0 Å². The lowest BCUT2D eigenvalue weighted by atomic mass is 10.5. The molecule has 0 N–H and O–H groups in total. The minimum atomic E-state index is 0.787. The van der Waals surface area contributed by atoms with Gasteiger partial charge in [-0.05, 0) is 18.4 Å². The van der Waals surface area contributed by atoms with Crippen LogP contribution in [0.25, 0.3) is 0 Å². The van der Waals surface area contributed by atoms with Crippen LogP contribution in [0, 0.1) is 0 Å². The first-order valence-corrected chi connectivity index (χ1v) is 6.32. The summed E-state index contributed by atoms with van der Waals surface area (Å²) in [5, 5.41) is 8.75. The van der Waals surface area contributed by atoms with Crippen molar-refractivity contribution < 1.29 is 0 Å². The second kappa shape index (κ2) is 5.59. The Morgan fingerprint density at radius 3 is 3.08 bits per heavy atom. The van der Waals surface area contributed by atoms with Crippen LogP contribution in [0.5, 0.6) is 0 Å². The van der Waals surface area contributed by atoms with E-state index < -0.39 is 0 Å². The third-order valence-electron chi connectivity index (χ3n) is 1.46. The maximum Gasteiger partial charge on any atom is 0.0932 e. The van der Waals surface area contributed by atoms with Gasteiger partial charge in [0.1, 0.15) is 0 Å². The predicted molar refractivity (Wildman–Crippen MR) is 55.7 cm³/mol. The Kier molecular flexibility index (Phi) is 4.68. The fourth-order valence-electron chi connectivity index (χ4n) is 0.880. The first-order chi connectivity index (χ1) is 5.86. The van der Waals surface area contributed by atoms with Gasteiger partial charge in [-0.1, -0.05) is 21.1 Å². The molecule has 0 fully saturated rings. The third-order valence-corrected chi connectivity index (χ3v) is 2.73. The monoisotopic (exact) mass is 249 g/mol. The van der Waals surface area contributed by atoms with Crippen molar-refractivity contribution in [3.8, 4) is 0 Å². The second-order valence-electron chi connectivity index (χ2n) is 2.45. The summed E-state index contributed by atoms with van der Waals surface area (Å²) in [5.74, 6) is 1.18. The van der Waals surface area contributed by atoms with Gasteiger partial charge in [-0.3, -0.25) is 4.68 Å². The quantitative estimate of drug-likeness (QED) is 0.591. The number of aryl methyl sites for hydroxylation is 1. The Balaban J connectivity index is 2.31. The van der Waals surface area contributed by atoms with Gasteiger partial charge in [-0.25, -0.2) is 0 Å². The highest BCUT2D eigenvalue weighted by Gasteiger charge is 1.97. The van der Waals surface area contributed by atoms with Crippen LogP contribution in [0.15, 0.2) is 6.20 Å². The summed E-state index contributed by atoms with van der Waals surface area (Å²) in [5.41, 5.74) is 0.999. The van der Waals surface area contributed by atoms with Crippen LogP contribution in [0.1, 0.15) is 12.1 Å². The SMILES string of the molecule is CSCCCn1cc(CBr)nn1. The number of rotatable bonds is 5. The number of aromatic nitrogens is 3. The molecule has 1 heterocycles. The van der Waals surface area contributed by atoms with E-state index in [4.69, 9.17) is 0 Å². The number of alkyl halides is 1. The minimum Gasteiger partial charge on any atom is -0.252 e. The van der Waals surface area contributed by atoms with Gasteiger partial charge in [-0.2, -0.15) is 11.8 Å². The van der Waals surface area contributed by atoms with Crippen LogP contribution in [0.2, 0.25) is 0 Å². The topological polar surface area (TPSA) is 30.7 Å². The van der Waals surface area contributed by atoms with Crippen molar-refractivity contribution >= 4 is 27.7 Å². The van der Waals surface area contributed by atoms with Crippen molar-refractivity contribution in [1.82, 2.24) is 15.0 Å². The molecule has 0 radical (unpaired) electrons. The Labute approximate surface area is 85.0 Å². The Morgan fingerprint density at radius 1 is 1.67 bits per heavy atom. The molecule has 0 atom stereocenters. The van der Waals surface area contributed by atoms with E-state index in [1.54, 1.807) is 0 Å². The maximum absolute atomic E-state index is 3.99. The van der Waals surface area contributed by atoms with E-state index in [2.05, 4.69) is 32.5 Å². The standard InChI is InChI=1S/C7H12BrN3S/c1-12-4-2-3-11-6-7(5-8)9-10-11/h6H,2-5H2,1H3. The fourth-order valence-corrected chi connectivity index (χ4v) is 1.55. The Hall–Kier alpha value is -0.0300. The van der Waals surface area contributed by atoms with Crippen LogP contribution in [-0.2, 0) is 11.9 Å². The van der Waals surface area contributed by atoms with Crippen molar-refractivity contribution in [2.75, 3.05) is 12.0 Å². The Bertz CT molecular complexity index is 226. The first-order valence-electron chi connectivity index (χ1n) is 3.80. The summed E-state index contributed by atoms with van der Waals surface area (Å²) >= 11 is 5.20. The van der Waals surface area contributed by atoms with Gasteiger partial charge in [0.25, 0.3) is 0 Å². The van der Waals surface area contributed by atoms with E-state index in [1.807, 2.05) is 22.6 Å². The zero-order valence-corrected chi connectivity index (χ0v) is 9.44. The largest absolute Gasteiger partial charge is 0.252 e. The van der Waals surface area contributed by atoms with E-state index in [1.165, 1.54) is 5.75 Å². The van der Waals surface area contributed by atoms with Crippen molar-refractivity contribution in [3.05, 3.63) is 11.9 Å². The summed E-state index contributed by atoms with van der Waals surface area (Å²) in [7, 11) is 0. The van der Waals surface area contributed by atoms with Crippen LogP contribution in [0.3, 0.4) is 0 Å². The molecule has 1 aromatic heterocycles. The minimum absolute atomic E-state index is 0.787. The highest BCUT2D eigenvalue weighted by atomic mass is 79.9. The zero-order valence-electron chi connectivity index (χ0n) is 7.03. The summed E-state index contributed by atoms with van der Waals surface area (Å²) in [6, 6.07) is 0. The summed E-state index contributed by atoms with van der Waals surface area (Å²) in [4.78, 5) is 0. The van der Waals surface area contributed by atoms with Crippen molar-refractivity contribution in [2.24, 2.45) is 0 Å². The molecule has 0 aliphatic rings. The molecule has 3 nitrogen and oxygen atoms in total. The van der Waals surface area contributed by atoms with Gasteiger partial charge < -0.3 is 0 Å². The highest BCUT2D eigenvalue weighted by molar-refractivity contribution is 9.08. The molecule has 5 heteroatoms. The molecule has 0 saturated heterocycles. The number of halogens is 1. The average Bonchev–Trinajstić information content (AvgIpc) is 2.53.